The molecule has 0 aliphatic carbocycles. The van der Waals surface area contributed by atoms with E-state index in [4.69, 9.17) is 0 Å². The molecule has 0 spiro atoms. The summed E-state index contributed by atoms with van der Waals surface area (Å²) in [4.78, 5) is 8.90. The minimum absolute atomic E-state index is 0.822. The third-order valence-corrected chi connectivity index (χ3v) is 2.07. The van der Waals surface area contributed by atoms with Crippen molar-refractivity contribution in [1.82, 2.24) is 15.3 Å². The summed E-state index contributed by atoms with van der Waals surface area (Å²) < 4.78 is 0. The lowest BCUT2D eigenvalue weighted by Gasteiger charge is -2.04. The molecule has 1 aromatic rings. The van der Waals surface area contributed by atoms with E-state index < -0.39 is 0 Å². The molecule has 0 saturated heterocycles. The first-order chi connectivity index (χ1) is 6.76. The molecule has 1 rings (SSSR count). The van der Waals surface area contributed by atoms with Crippen LogP contribution in [0.3, 0.4) is 0 Å². The summed E-state index contributed by atoms with van der Waals surface area (Å²) in [5, 5.41) is 3.10. The van der Waals surface area contributed by atoms with E-state index in [9.17, 15) is 0 Å². The molecule has 0 fully saturated rings. The summed E-state index contributed by atoms with van der Waals surface area (Å²) in [7, 11) is 1.93. The van der Waals surface area contributed by atoms with Crippen LogP contribution in [-0.4, -0.2) is 17.0 Å². The molecule has 0 aliphatic rings. The molecule has 1 N–H and O–H groups in total. The first-order valence-electron chi connectivity index (χ1n) is 5.24. The van der Waals surface area contributed by atoms with Crippen molar-refractivity contribution in [3.8, 4) is 0 Å². The quantitative estimate of drug-likeness (QED) is 0.775. The molecule has 14 heavy (non-hydrogen) atoms. The highest BCUT2D eigenvalue weighted by Crippen LogP contribution is 2.03. The molecule has 0 aliphatic heterocycles. The maximum absolute atomic E-state index is 4.49. The maximum atomic E-state index is 4.49. The molecule has 0 amide bonds. The fourth-order valence-corrected chi connectivity index (χ4v) is 1.42. The summed E-state index contributed by atoms with van der Waals surface area (Å²) in [5.41, 5.74) is 2.16. The lowest BCUT2D eigenvalue weighted by molar-refractivity contribution is 0.719. The number of nitrogens with zero attached hydrogens (tertiary/aromatic N) is 2. The second-order valence-electron chi connectivity index (χ2n) is 3.55. The number of aromatic nitrogens is 2. The van der Waals surface area contributed by atoms with Crippen molar-refractivity contribution in [2.24, 2.45) is 0 Å². The van der Waals surface area contributed by atoms with Crippen molar-refractivity contribution in [3.63, 3.8) is 0 Å². The van der Waals surface area contributed by atoms with Crippen LogP contribution in [-0.2, 0) is 13.0 Å². The first kappa shape index (κ1) is 11.1. The minimum Gasteiger partial charge on any atom is -0.314 e. The van der Waals surface area contributed by atoms with Gasteiger partial charge in [-0.25, -0.2) is 9.97 Å². The SMILES string of the molecule is CCCCc1nc(C)cc(CNC)n1. The zero-order chi connectivity index (χ0) is 10.4. The smallest absolute Gasteiger partial charge is 0.128 e. The number of aryl methyl sites for hydroxylation is 2. The lowest BCUT2D eigenvalue weighted by Crippen LogP contribution is -2.10. The topological polar surface area (TPSA) is 37.8 Å². The second-order valence-corrected chi connectivity index (χ2v) is 3.55. The number of nitrogens with one attached hydrogen (secondary N) is 1. The van der Waals surface area contributed by atoms with Crippen molar-refractivity contribution in [3.05, 3.63) is 23.3 Å². The number of unbranched alkanes of at least 4 members (excludes halogenated alkanes) is 1. The predicted octanol–water partition coefficient (Wildman–Crippen LogP) is 1.85. The monoisotopic (exact) mass is 193 g/mol. The van der Waals surface area contributed by atoms with Crippen LogP contribution in [0.2, 0.25) is 0 Å². The highest BCUT2D eigenvalue weighted by molar-refractivity contribution is 5.10. The first-order valence-corrected chi connectivity index (χ1v) is 5.24. The van der Waals surface area contributed by atoms with Crippen molar-refractivity contribution < 1.29 is 0 Å². The van der Waals surface area contributed by atoms with E-state index >= 15 is 0 Å². The number of rotatable bonds is 5. The fourth-order valence-electron chi connectivity index (χ4n) is 1.42. The molecule has 3 heteroatoms. The van der Waals surface area contributed by atoms with Gasteiger partial charge in [0.25, 0.3) is 0 Å². The van der Waals surface area contributed by atoms with Gasteiger partial charge in [-0.1, -0.05) is 13.3 Å². The zero-order valence-electron chi connectivity index (χ0n) is 9.30. The maximum Gasteiger partial charge on any atom is 0.128 e. The second kappa shape index (κ2) is 5.70. The van der Waals surface area contributed by atoms with Crippen LogP contribution >= 0.6 is 0 Å². The zero-order valence-corrected chi connectivity index (χ0v) is 9.30. The standard InChI is InChI=1S/C11H19N3/c1-4-5-6-11-13-9(2)7-10(14-11)8-12-3/h7,12H,4-6,8H2,1-3H3. The van der Waals surface area contributed by atoms with Gasteiger partial charge >= 0.3 is 0 Å². The Labute approximate surface area is 86.0 Å². The van der Waals surface area contributed by atoms with Crippen LogP contribution < -0.4 is 5.32 Å². The van der Waals surface area contributed by atoms with E-state index in [2.05, 4.69) is 22.2 Å². The van der Waals surface area contributed by atoms with Crippen molar-refractivity contribution >= 4 is 0 Å². The predicted molar refractivity (Wildman–Crippen MR) is 58.1 cm³/mol. The van der Waals surface area contributed by atoms with E-state index in [0.29, 0.717) is 0 Å². The van der Waals surface area contributed by atoms with Gasteiger partial charge in [-0.3, -0.25) is 0 Å². The van der Waals surface area contributed by atoms with Gasteiger partial charge < -0.3 is 5.32 Å². The van der Waals surface area contributed by atoms with Crippen molar-refractivity contribution in [2.75, 3.05) is 7.05 Å². The number of hydrogen-bond acceptors (Lipinski definition) is 3. The molecule has 0 unspecified atom stereocenters. The Morgan fingerprint density at radius 3 is 2.79 bits per heavy atom. The van der Waals surface area contributed by atoms with Crippen LogP contribution in [0.4, 0.5) is 0 Å². The lowest BCUT2D eigenvalue weighted by atomic mass is 10.2. The van der Waals surface area contributed by atoms with Gasteiger partial charge in [0, 0.05) is 18.7 Å². The van der Waals surface area contributed by atoms with Crippen LogP contribution in [0, 0.1) is 6.92 Å². The highest BCUT2D eigenvalue weighted by Gasteiger charge is 2.00. The minimum atomic E-state index is 0.822. The fraction of sp³-hybridized carbons (Fsp3) is 0.636. The molecule has 3 nitrogen and oxygen atoms in total. The summed E-state index contributed by atoms with van der Waals surface area (Å²) in [6.45, 7) is 5.03. The van der Waals surface area contributed by atoms with Crippen molar-refractivity contribution in [1.29, 1.82) is 0 Å². The van der Waals surface area contributed by atoms with Crippen LogP contribution in [0.15, 0.2) is 6.07 Å². The molecule has 0 atom stereocenters. The van der Waals surface area contributed by atoms with Crippen LogP contribution in [0.1, 0.15) is 37.0 Å². The third-order valence-electron chi connectivity index (χ3n) is 2.07. The van der Waals surface area contributed by atoms with Gasteiger partial charge in [-0.2, -0.15) is 0 Å². The summed E-state index contributed by atoms with van der Waals surface area (Å²) in [5.74, 6) is 0.983. The Morgan fingerprint density at radius 2 is 2.14 bits per heavy atom. The molecule has 0 saturated carbocycles. The molecule has 78 valence electrons. The molecule has 1 heterocycles. The molecular formula is C11H19N3. The average Bonchev–Trinajstić information content (AvgIpc) is 2.14. The van der Waals surface area contributed by atoms with Gasteiger partial charge in [0.2, 0.25) is 0 Å². The van der Waals surface area contributed by atoms with Crippen LogP contribution in [0.5, 0.6) is 0 Å². The van der Waals surface area contributed by atoms with Crippen molar-refractivity contribution in [2.45, 2.75) is 39.7 Å². The Balaban J connectivity index is 2.73. The molecule has 0 bridgehead atoms. The van der Waals surface area contributed by atoms with Gasteiger partial charge in [-0.15, -0.1) is 0 Å². The van der Waals surface area contributed by atoms with E-state index in [1.54, 1.807) is 0 Å². The average molecular weight is 193 g/mol. The highest BCUT2D eigenvalue weighted by atomic mass is 14.9. The normalized spacial score (nSPS) is 10.5. The largest absolute Gasteiger partial charge is 0.314 e. The van der Waals surface area contributed by atoms with E-state index in [0.717, 1.165) is 30.2 Å². The Kier molecular flexibility index (Phi) is 4.53. The number of hydrogen-bond donors (Lipinski definition) is 1. The molecular weight excluding hydrogens is 174 g/mol. The third kappa shape index (κ3) is 3.42. The van der Waals surface area contributed by atoms with Gasteiger partial charge in [-0.05, 0) is 26.5 Å². The van der Waals surface area contributed by atoms with Gasteiger partial charge in [0.1, 0.15) is 5.82 Å². The Morgan fingerprint density at radius 1 is 1.36 bits per heavy atom. The summed E-state index contributed by atoms with van der Waals surface area (Å²) in [6.07, 6.45) is 3.36. The van der Waals surface area contributed by atoms with E-state index in [1.807, 2.05) is 20.0 Å². The Hall–Kier alpha value is -0.960. The van der Waals surface area contributed by atoms with E-state index in [1.165, 1.54) is 12.8 Å². The Bertz CT molecular complexity index is 284. The van der Waals surface area contributed by atoms with Gasteiger partial charge in [0.05, 0.1) is 5.69 Å². The summed E-state index contributed by atoms with van der Waals surface area (Å²) in [6, 6.07) is 2.03. The van der Waals surface area contributed by atoms with E-state index in [-0.39, 0.29) is 0 Å². The van der Waals surface area contributed by atoms with Crippen LogP contribution in [0.25, 0.3) is 0 Å². The molecule has 1 aromatic heterocycles. The molecule has 0 radical (unpaired) electrons. The summed E-state index contributed by atoms with van der Waals surface area (Å²) >= 11 is 0. The molecule has 0 aromatic carbocycles. The van der Waals surface area contributed by atoms with Gasteiger partial charge in [0.15, 0.2) is 0 Å².